The van der Waals surface area contributed by atoms with Gasteiger partial charge in [0.2, 0.25) is 11.8 Å². The van der Waals surface area contributed by atoms with E-state index in [2.05, 4.69) is 5.10 Å². The standard InChI is InChI=1S/C28H25FN4O2/c1-17-24(28(13-14-28)27(30)35)25(18-5-3-2-4-6-18)32(26(17)34)22-11-12-23-19(15-22)16-31-33(23)21-9-7-20(29)8-10-21/h2-12,15-17,24-25H,13-14H2,1H3,(H2,30,35)/t17-,24+,25-/m0/s1. The van der Waals surface area contributed by atoms with E-state index >= 15 is 0 Å². The van der Waals surface area contributed by atoms with E-state index in [9.17, 15) is 14.0 Å². The molecule has 2 fully saturated rings. The first-order chi connectivity index (χ1) is 16.9. The van der Waals surface area contributed by atoms with Gasteiger partial charge >= 0.3 is 0 Å². The van der Waals surface area contributed by atoms with E-state index in [-0.39, 0.29) is 35.5 Å². The summed E-state index contributed by atoms with van der Waals surface area (Å²) in [6, 6.07) is 21.5. The SMILES string of the molecule is C[C@@H]1C(=O)N(c2ccc3c(cnn3-c3ccc(F)cc3)c2)[C@@H](c2ccccc2)[C@@H]1C1(C(N)=O)CC1. The number of rotatable bonds is 5. The first kappa shape index (κ1) is 21.5. The summed E-state index contributed by atoms with van der Waals surface area (Å²) in [5.41, 5.74) is 8.58. The lowest BCUT2D eigenvalue weighted by Gasteiger charge is -2.32. The summed E-state index contributed by atoms with van der Waals surface area (Å²) in [7, 11) is 0. The molecule has 0 radical (unpaired) electrons. The van der Waals surface area contributed by atoms with Gasteiger partial charge in [0.15, 0.2) is 0 Å². The Labute approximate surface area is 202 Å². The maximum absolute atomic E-state index is 13.7. The highest BCUT2D eigenvalue weighted by molar-refractivity contribution is 6.01. The Hall–Kier alpha value is -4.00. The monoisotopic (exact) mass is 468 g/mol. The van der Waals surface area contributed by atoms with Crippen LogP contribution in [0.5, 0.6) is 0 Å². The number of nitrogens with zero attached hydrogens (tertiary/aromatic N) is 3. The minimum atomic E-state index is -0.651. The zero-order chi connectivity index (χ0) is 24.3. The minimum absolute atomic E-state index is 0.0124. The molecule has 3 aromatic carbocycles. The molecule has 7 heteroatoms. The number of aromatic nitrogens is 2. The molecule has 6 nitrogen and oxygen atoms in total. The Morgan fingerprint density at radius 1 is 1.03 bits per heavy atom. The van der Waals surface area contributed by atoms with Crippen LogP contribution in [-0.4, -0.2) is 21.6 Å². The van der Waals surface area contributed by atoms with Gasteiger partial charge in [-0.2, -0.15) is 5.10 Å². The number of hydrogen-bond acceptors (Lipinski definition) is 3. The number of hydrogen-bond donors (Lipinski definition) is 1. The molecule has 1 saturated heterocycles. The summed E-state index contributed by atoms with van der Waals surface area (Å²) < 4.78 is 15.1. The molecule has 4 aromatic rings. The molecule has 1 aliphatic heterocycles. The van der Waals surface area contributed by atoms with Gasteiger partial charge in [0, 0.05) is 22.9 Å². The van der Waals surface area contributed by atoms with Crippen LogP contribution in [-0.2, 0) is 9.59 Å². The van der Waals surface area contributed by atoms with Gasteiger partial charge in [-0.25, -0.2) is 9.07 Å². The summed E-state index contributed by atoms with van der Waals surface area (Å²) >= 11 is 0. The molecule has 1 saturated carbocycles. The van der Waals surface area contributed by atoms with E-state index in [1.165, 1.54) is 12.1 Å². The average molecular weight is 469 g/mol. The molecule has 0 spiro atoms. The van der Waals surface area contributed by atoms with E-state index in [0.29, 0.717) is 12.8 Å². The topological polar surface area (TPSA) is 81.2 Å². The summed E-state index contributed by atoms with van der Waals surface area (Å²) in [4.78, 5) is 28.1. The van der Waals surface area contributed by atoms with Gasteiger partial charge in [-0.3, -0.25) is 9.59 Å². The lowest BCUT2D eigenvalue weighted by atomic mass is 9.75. The van der Waals surface area contributed by atoms with E-state index in [1.54, 1.807) is 23.0 Å². The molecule has 3 atom stereocenters. The fourth-order valence-corrected chi connectivity index (χ4v) is 5.86. The summed E-state index contributed by atoms with van der Waals surface area (Å²) in [6.07, 6.45) is 3.17. The van der Waals surface area contributed by atoms with Gasteiger partial charge < -0.3 is 10.6 Å². The van der Waals surface area contributed by atoms with E-state index in [1.807, 2.05) is 60.4 Å². The number of nitrogens with two attached hydrogens (primary N) is 1. The molecule has 35 heavy (non-hydrogen) atoms. The summed E-state index contributed by atoms with van der Waals surface area (Å²) in [6.45, 7) is 1.91. The molecule has 2 amide bonds. The fraction of sp³-hybridized carbons (Fsp3) is 0.250. The van der Waals surface area contributed by atoms with Crippen LogP contribution in [0.1, 0.15) is 31.4 Å². The normalized spacial score (nSPS) is 23.1. The Morgan fingerprint density at radius 3 is 2.37 bits per heavy atom. The number of benzene rings is 3. The summed E-state index contributed by atoms with van der Waals surface area (Å²) in [5, 5.41) is 5.35. The van der Waals surface area contributed by atoms with Gasteiger partial charge in [-0.15, -0.1) is 0 Å². The van der Waals surface area contributed by atoms with Crippen molar-refractivity contribution in [2.75, 3.05) is 4.90 Å². The first-order valence-electron chi connectivity index (χ1n) is 11.8. The average Bonchev–Trinajstić information content (AvgIpc) is 3.50. The maximum atomic E-state index is 13.7. The molecule has 6 rings (SSSR count). The highest BCUT2D eigenvalue weighted by atomic mass is 19.1. The van der Waals surface area contributed by atoms with Crippen molar-refractivity contribution >= 4 is 28.4 Å². The van der Waals surface area contributed by atoms with Crippen LogP contribution in [0, 0.1) is 23.1 Å². The van der Waals surface area contributed by atoms with Crippen molar-refractivity contribution in [2.45, 2.75) is 25.8 Å². The molecule has 2 heterocycles. The lowest BCUT2D eigenvalue weighted by Crippen LogP contribution is -2.37. The maximum Gasteiger partial charge on any atom is 0.230 e. The molecular formula is C28H25FN4O2. The van der Waals surface area contributed by atoms with Crippen LogP contribution >= 0.6 is 0 Å². The largest absolute Gasteiger partial charge is 0.369 e. The van der Waals surface area contributed by atoms with Crippen molar-refractivity contribution in [3.05, 3.63) is 90.4 Å². The van der Waals surface area contributed by atoms with E-state index in [4.69, 9.17) is 5.73 Å². The van der Waals surface area contributed by atoms with Crippen molar-refractivity contribution in [3.63, 3.8) is 0 Å². The van der Waals surface area contributed by atoms with E-state index in [0.717, 1.165) is 27.8 Å². The molecule has 176 valence electrons. The molecule has 1 aliphatic carbocycles. The van der Waals surface area contributed by atoms with Crippen molar-refractivity contribution in [3.8, 4) is 5.69 Å². The van der Waals surface area contributed by atoms with Gasteiger partial charge in [-0.1, -0.05) is 37.3 Å². The molecule has 2 aliphatic rings. The van der Waals surface area contributed by atoms with Gasteiger partial charge in [0.25, 0.3) is 0 Å². The molecule has 0 unspecified atom stereocenters. The Morgan fingerprint density at radius 2 is 1.71 bits per heavy atom. The predicted molar refractivity (Wildman–Crippen MR) is 131 cm³/mol. The number of carbonyl (C=O) groups excluding carboxylic acids is 2. The second kappa shape index (κ2) is 7.77. The van der Waals surface area contributed by atoms with Crippen molar-refractivity contribution < 1.29 is 14.0 Å². The second-order valence-corrected chi connectivity index (χ2v) is 9.67. The lowest BCUT2D eigenvalue weighted by molar-refractivity contribution is -0.126. The Balaban J connectivity index is 1.46. The number of primary amides is 1. The highest BCUT2D eigenvalue weighted by Crippen LogP contribution is 2.62. The van der Waals surface area contributed by atoms with Gasteiger partial charge in [0.1, 0.15) is 5.82 Å². The van der Waals surface area contributed by atoms with Gasteiger partial charge in [0.05, 0.1) is 28.9 Å². The molecule has 2 N–H and O–H groups in total. The van der Waals surface area contributed by atoms with Crippen LogP contribution in [0.3, 0.4) is 0 Å². The van der Waals surface area contributed by atoms with Crippen molar-refractivity contribution in [1.29, 1.82) is 0 Å². The number of amides is 2. The van der Waals surface area contributed by atoms with Crippen molar-refractivity contribution in [1.82, 2.24) is 9.78 Å². The minimum Gasteiger partial charge on any atom is -0.369 e. The number of halogens is 1. The van der Waals surface area contributed by atoms with Gasteiger partial charge in [-0.05, 0) is 60.9 Å². The quantitative estimate of drug-likeness (QED) is 0.458. The smallest absolute Gasteiger partial charge is 0.230 e. The third-order valence-corrected chi connectivity index (χ3v) is 7.74. The van der Waals surface area contributed by atoms with Crippen molar-refractivity contribution in [2.24, 2.45) is 23.0 Å². The second-order valence-electron chi connectivity index (χ2n) is 9.67. The highest BCUT2D eigenvalue weighted by Gasteiger charge is 2.64. The van der Waals surface area contributed by atoms with Crippen LogP contribution in [0.15, 0.2) is 79.0 Å². The Bertz CT molecular complexity index is 1440. The predicted octanol–water partition coefficient (Wildman–Crippen LogP) is 4.77. The van der Waals surface area contributed by atoms with Crippen LogP contribution in [0.25, 0.3) is 16.6 Å². The first-order valence-corrected chi connectivity index (χ1v) is 11.8. The molecule has 1 aromatic heterocycles. The Kier molecular flexibility index (Phi) is 4.78. The number of carbonyl (C=O) groups is 2. The third-order valence-electron chi connectivity index (χ3n) is 7.74. The zero-order valence-electron chi connectivity index (χ0n) is 19.3. The van der Waals surface area contributed by atoms with Crippen LogP contribution in [0.4, 0.5) is 10.1 Å². The zero-order valence-corrected chi connectivity index (χ0v) is 19.3. The van der Waals surface area contributed by atoms with Crippen LogP contribution < -0.4 is 10.6 Å². The number of anilines is 1. The van der Waals surface area contributed by atoms with Crippen LogP contribution in [0.2, 0.25) is 0 Å². The number of fused-ring (bicyclic) bond motifs is 1. The fourth-order valence-electron chi connectivity index (χ4n) is 5.86. The summed E-state index contributed by atoms with van der Waals surface area (Å²) in [5.74, 6) is -1.18. The van der Waals surface area contributed by atoms with E-state index < -0.39 is 5.41 Å². The molecular weight excluding hydrogens is 443 g/mol. The third kappa shape index (κ3) is 3.26. The molecule has 0 bridgehead atoms.